The van der Waals surface area contributed by atoms with Gasteiger partial charge >= 0.3 is 12.0 Å². The molecule has 0 unspecified atom stereocenters. The summed E-state index contributed by atoms with van der Waals surface area (Å²) in [5.41, 5.74) is 2.74. The third-order valence-electron chi connectivity index (χ3n) is 6.01. The van der Waals surface area contributed by atoms with Crippen molar-refractivity contribution in [2.45, 2.75) is 39.3 Å². The van der Waals surface area contributed by atoms with Gasteiger partial charge in [0.1, 0.15) is 5.82 Å². The van der Waals surface area contributed by atoms with Crippen molar-refractivity contribution in [1.82, 2.24) is 19.7 Å². The predicted octanol–water partition coefficient (Wildman–Crippen LogP) is 4.75. The molecule has 1 saturated heterocycles. The molecule has 0 spiro atoms. The molecule has 1 N–H and O–H groups in total. The summed E-state index contributed by atoms with van der Waals surface area (Å²) >= 11 is 6.02. The highest BCUT2D eigenvalue weighted by Gasteiger charge is 2.34. The first-order valence-electron chi connectivity index (χ1n) is 10.8. The van der Waals surface area contributed by atoms with Crippen LogP contribution in [0.1, 0.15) is 52.0 Å². The Hall–Kier alpha value is -3.39. The molecule has 1 aromatic heterocycles. The van der Waals surface area contributed by atoms with Crippen molar-refractivity contribution in [3.8, 4) is 0 Å². The molecule has 8 nitrogen and oxygen atoms in total. The van der Waals surface area contributed by atoms with E-state index in [0.29, 0.717) is 34.9 Å². The molecule has 1 aliphatic heterocycles. The van der Waals surface area contributed by atoms with Crippen LogP contribution in [-0.4, -0.2) is 45.3 Å². The normalized spacial score (nSPS) is 15.5. The molecule has 0 saturated carbocycles. The lowest BCUT2D eigenvalue weighted by molar-refractivity contribution is 0.0600. The van der Waals surface area contributed by atoms with Gasteiger partial charge in [-0.1, -0.05) is 29.8 Å². The number of amides is 2. The largest absolute Gasteiger partial charge is 0.465 e. The van der Waals surface area contributed by atoms with Crippen molar-refractivity contribution in [2.75, 3.05) is 19.0 Å². The van der Waals surface area contributed by atoms with Gasteiger partial charge in [-0.2, -0.15) is 0 Å². The summed E-state index contributed by atoms with van der Waals surface area (Å²) in [6.07, 6.45) is 1.67. The van der Waals surface area contributed by atoms with Gasteiger partial charge in [0.25, 0.3) is 0 Å². The molecule has 1 fully saturated rings. The number of rotatable bonds is 5. The van der Waals surface area contributed by atoms with Gasteiger partial charge in [-0.3, -0.25) is 0 Å². The topological polar surface area (TPSA) is 89.3 Å². The number of anilines is 1. The van der Waals surface area contributed by atoms with E-state index in [2.05, 4.69) is 15.5 Å². The first-order valence-corrected chi connectivity index (χ1v) is 11.2. The highest BCUT2D eigenvalue weighted by atomic mass is 35.5. The van der Waals surface area contributed by atoms with E-state index in [4.69, 9.17) is 16.3 Å². The van der Waals surface area contributed by atoms with E-state index in [-0.39, 0.29) is 12.1 Å². The van der Waals surface area contributed by atoms with Gasteiger partial charge in [0.05, 0.1) is 25.3 Å². The molecular weight excluding hydrogens is 442 g/mol. The second-order valence-electron chi connectivity index (χ2n) is 8.07. The molecule has 2 aromatic carbocycles. The Morgan fingerprint density at radius 3 is 2.64 bits per heavy atom. The summed E-state index contributed by atoms with van der Waals surface area (Å²) in [4.78, 5) is 27.0. The second kappa shape index (κ2) is 9.62. The van der Waals surface area contributed by atoms with Crippen molar-refractivity contribution < 1.29 is 14.3 Å². The van der Waals surface area contributed by atoms with Gasteiger partial charge in [-0.05, 0) is 62.1 Å². The van der Waals surface area contributed by atoms with Crippen LogP contribution < -0.4 is 5.32 Å². The number of methoxy groups -OCH3 is 1. The molecule has 172 valence electrons. The highest BCUT2D eigenvalue weighted by Crippen LogP contribution is 2.32. The fourth-order valence-corrected chi connectivity index (χ4v) is 4.31. The number of carbonyl (C=O) groups is 2. The zero-order chi connectivity index (χ0) is 23.5. The number of aromatic nitrogens is 3. The average molecular weight is 468 g/mol. The number of hydrogen-bond donors (Lipinski definition) is 1. The number of ether oxygens (including phenoxy) is 1. The SMILES string of the molecule is COC(=O)c1cccc(NC(=O)N2CCC[C@@H]2c2nnc(C)n2Cc2ccc(Cl)cc2)c1C. The van der Waals surface area contributed by atoms with Gasteiger partial charge in [0.2, 0.25) is 0 Å². The van der Waals surface area contributed by atoms with Crippen LogP contribution in [0.5, 0.6) is 0 Å². The van der Waals surface area contributed by atoms with Crippen LogP contribution in [0, 0.1) is 13.8 Å². The molecule has 1 aliphatic rings. The van der Waals surface area contributed by atoms with Gasteiger partial charge in [0, 0.05) is 17.3 Å². The first-order chi connectivity index (χ1) is 15.9. The van der Waals surface area contributed by atoms with E-state index in [9.17, 15) is 9.59 Å². The Morgan fingerprint density at radius 2 is 1.91 bits per heavy atom. The predicted molar refractivity (Wildman–Crippen MR) is 126 cm³/mol. The number of carbonyl (C=O) groups excluding carboxylic acids is 2. The Balaban J connectivity index is 1.56. The van der Waals surface area contributed by atoms with E-state index in [0.717, 1.165) is 30.1 Å². The summed E-state index contributed by atoms with van der Waals surface area (Å²) in [5.74, 6) is 1.11. The van der Waals surface area contributed by atoms with Crippen molar-refractivity contribution in [3.63, 3.8) is 0 Å². The lowest BCUT2D eigenvalue weighted by Gasteiger charge is -2.25. The molecule has 0 aliphatic carbocycles. The van der Waals surface area contributed by atoms with E-state index >= 15 is 0 Å². The number of nitrogens with zero attached hydrogens (tertiary/aromatic N) is 4. The molecule has 9 heteroatoms. The molecule has 2 amide bonds. The van der Waals surface area contributed by atoms with Crippen LogP contribution >= 0.6 is 11.6 Å². The Morgan fingerprint density at radius 1 is 1.15 bits per heavy atom. The van der Waals surface area contributed by atoms with Crippen molar-refractivity contribution in [3.05, 3.63) is 75.8 Å². The fraction of sp³-hybridized carbons (Fsp3) is 0.333. The molecular formula is C24H26ClN5O3. The third-order valence-corrected chi connectivity index (χ3v) is 6.26. The molecule has 1 atom stereocenters. The molecule has 4 rings (SSSR count). The Kier molecular flexibility index (Phi) is 6.65. The minimum atomic E-state index is -0.437. The number of benzene rings is 2. The number of aryl methyl sites for hydroxylation is 1. The summed E-state index contributed by atoms with van der Waals surface area (Å²) in [7, 11) is 1.34. The molecule has 3 aromatic rings. The number of halogens is 1. The standard InChI is InChI=1S/C24H26ClN5O3/c1-15-19(23(31)33-3)6-4-7-20(15)26-24(32)29-13-5-8-21(29)22-28-27-16(2)30(22)14-17-9-11-18(25)12-10-17/h4,6-7,9-12,21H,5,8,13-14H2,1-3H3,(H,26,32)/t21-/m1/s1. The van der Waals surface area contributed by atoms with Crippen LogP contribution in [-0.2, 0) is 11.3 Å². The van der Waals surface area contributed by atoms with Gasteiger partial charge in [0.15, 0.2) is 5.82 Å². The molecule has 33 heavy (non-hydrogen) atoms. The van der Waals surface area contributed by atoms with Crippen molar-refractivity contribution >= 4 is 29.3 Å². The average Bonchev–Trinajstić information content (AvgIpc) is 3.43. The number of likely N-dealkylation sites (tertiary alicyclic amines) is 1. The highest BCUT2D eigenvalue weighted by molar-refractivity contribution is 6.30. The number of urea groups is 1. The fourth-order valence-electron chi connectivity index (χ4n) is 4.18. The molecule has 0 bridgehead atoms. The zero-order valence-corrected chi connectivity index (χ0v) is 19.6. The Labute approximate surface area is 197 Å². The first kappa shape index (κ1) is 22.8. The van der Waals surface area contributed by atoms with Gasteiger partial charge in [-0.25, -0.2) is 9.59 Å². The summed E-state index contributed by atoms with van der Waals surface area (Å²) < 4.78 is 6.88. The van der Waals surface area contributed by atoms with Crippen LogP contribution in [0.25, 0.3) is 0 Å². The van der Waals surface area contributed by atoms with Gasteiger partial charge in [-0.15, -0.1) is 10.2 Å². The second-order valence-corrected chi connectivity index (χ2v) is 8.51. The molecule has 2 heterocycles. The maximum Gasteiger partial charge on any atom is 0.338 e. The minimum Gasteiger partial charge on any atom is -0.465 e. The number of hydrogen-bond acceptors (Lipinski definition) is 5. The van der Waals surface area contributed by atoms with Crippen LogP contribution in [0.15, 0.2) is 42.5 Å². The monoisotopic (exact) mass is 467 g/mol. The Bertz CT molecular complexity index is 1180. The van der Waals surface area contributed by atoms with Crippen LogP contribution in [0.3, 0.4) is 0 Å². The lowest BCUT2D eigenvalue weighted by Crippen LogP contribution is -2.36. The number of esters is 1. The minimum absolute atomic E-state index is 0.192. The number of nitrogens with one attached hydrogen (secondary N) is 1. The van der Waals surface area contributed by atoms with E-state index in [1.54, 1.807) is 30.0 Å². The van der Waals surface area contributed by atoms with E-state index in [1.165, 1.54) is 7.11 Å². The van der Waals surface area contributed by atoms with Crippen LogP contribution in [0.4, 0.5) is 10.5 Å². The van der Waals surface area contributed by atoms with Crippen molar-refractivity contribution in [1.29, 1.82) is 0 Å². The van der Waals surface area contributed by atoms with E-state index in [1.807, 2.05) is 35.8 Å². The zero-order valence-electron chi connectivity index (χ0n) is 18.8. The van der Waals surface area contributed by atoms with Gasteiger partial charge < -0.3 is 19.5 Å². The summed E-state index contributed by atoms with van der Waals surface area (Å²) in [5, 5.41) is 12.4. The maximum atomic E-state index is 13.2. The maximum absolute atomic E-state index is 13.2. The van der Waals surface area contributed by atoms with E-state index < -0.39 is 5.97 Å². The third kappa shape index (κ3) is 4.71. The molecule has 0 radical (unpaired) electrons. The van der Waals surface area contributed by atoms with Crippen LogP contribution in [0.2, 0.25) is 5.02 Å². The summed E-state index contributed by atoms with van der Waals surface area (Å²) in [6, 6.07) is 12.4. The smallest absolute Gasteiger partial charge is 0.338 e. The summed E-state index contributed by atoms with van der Waals surface area (Å²) in [6.45, 7) is 4.90. The quantitative estimate of drug-likeness (QED) is 0.547. The van der Waals surface area contributed by atoms with Crippen molar-refractivity contribution in [2.24, 2.45) is 0 Å². The lowest BCUT2D eigenvalue weighted by atomic mass is 10.1.